The third kappa shape index (κ3) is 2.06. The molecule has 1 N–H and O–H groups in total. The van der Waals surface area contributed by atoms with E-state index in [-0.39, 0.29) is 35.1 Å². The van der Waals surface area contributed by atoms with Gasteiger partial charge in [-0.25, -0.2) is 0 Å². The third-order valence-electron chi connectivity index (χ3n) is 8.25. The molecule has 0 heterocycles. The first kappa shape index (κ1) is 16.5. The molecule has 3 fully saturated rings. The zero-order chi connectivity index (χ0) is 17.1. The first-order chi connectivity index (χ1) is 11.4. The number of hydrogen-bond donors (Lipinski definition) is 1. The molecule has 132 valence electrons. The van der Waals surface area contributed by atoms with Gasteiger partial charge >= 0.3 is 0 Å². The van der Waals surface area contributed by atoms with Crippen LogP contribution in [0.5, 0.6) is 0 Å². The Labute approximate surface area is 144 Å². The summed E-state index contributed by atoms with van der Waals surface area (Å²) in [7, 11) is 0. The molecule has 0 aliphatic heterocycles. The van der Waals surface area contributed by atoms with Crippen molar-refractivity contribution in [2.24, 2.45) is 34.5 Å². The standard InChI is InChI=1S/C21H30O3/c1-20-10-4-3-5-13(20)6-7-14-15-8-9-16(18(24)12-22)21(15,2)11-17(23)19(14)20/h6,14-16,19,22H,3-5,7-12H2,1-2H3/t14-,15-,16+,19+,20-,21-/m0/s1. The molecule has 0 amide bonds. The van der Waals surface area contributed by atoms with E-state index in [1.54, 1.807) is 0 Å². The van der Waals surface area contributed by atoms with Crippen LogP contribution in [0.2, 0.25) is 0 Å². The highest BCUT2D eigenvalue weighted by Gasteiger charge is 2.62. The predicted octanol–water partition coefficient (Wildman–Crippen LogP) is 3.70. The summed E-state index contributed by atoms with van der Waals surface area (Å²) in [6, 6.07) is 0. The molecule has 0 bridgehead atoms. The maximum absolute atomic E-state index is 13.3. The molecule has 6 atom stereocenters. The topological polar surface area (TPSA) is 54.4 Å². The molecule has 0 saturated heterocycles. The van der Waals surface area contributed by atoms with Gasteiger partial charge in [0.2, 0.25) is 0 Å². The van der Waals surface area contributed by atoms with Crippen molar-refractivity contribution in [2.75, 3.05) is 6.61 Å². The third-order valence-corrected chi connectivity index (χ3v) is 8.25. The van der Waals surface area contributed by atoms with Crippen molar-refractivity contribution < 1.29 is 14.7 Å². The number of ketones is 2. The van der Waals surface area contributed by atoms with E-state index in [2.05, 4.69) is 19.9 Å². The number of Topliss-reactive ketones (excluding diaryl/α,β-unsaturated/α-hetero) is 2. The van der Waals surface area contributed by atoms with Crippen molar-refractivity contribution >= 4 is 11.6 Å². The molecule has 4 rings (SSSR count). The Hall–Kier alpha value is -0.960. The Balaban J connectivity index is 1.72. The van der Waals surface area contributed by atoms with Crippen molar-refractivity contribution in [2.45, 2.75) is 65.2 Å². The number of rotatable bonds is 2. The fourth-order valence-corrected chi connectivity index (χ4v) is 7.17. The maximum atomic E-state index is 13.3. The van der Waals surface area contributed by atoms with Crippen molar-refractivity contribution in [1.82, 2.24) is 0 Å². The lowest BCUT2D eigenvalue weighted by Gasteiger charge is -2.56. The van der Waals surface area contributed by atoms with Gasteiger partial charge in [0.25, 0.3) is 0 Å². The minimum atomic E-state index is -0.378. The summed E-state index contributed by atoms with van der Waals surface area (Å²) in [6.07, 6.45) is 10.7. The van der Waals surface area contributed by atoms with Gasteiger partial charge in [0.15, 0.2) is 5.78 Å². The lowest BCUT2D eigenvalue weighted by atomic mass is 9.47. The molecule has 4 aliphatic rings. The summed E-state index contributed by atoms with van der Waals surface area (Å²) in [5.41, 5.74) is 1.38. The molecule has 3 nitrogen and oxygen atoms in total. The van der Waals surface area contributed by atoms with Gasteiger partial charge in [-0.3, -0.25) is 9.59 Å². The lowest BCUT2D eigenvalue weighted by Crippen LogP contribution is -2.54. The SMILES string of the molecule is C[C@]12CC(=O)[C@H]3[C@@H](CC=C4CCCC[C@@]43C)[C@@H]1CC[C@@H]2C(=O)CO. The molecular weight excluding hydrogens is 300 g/mol. The second-order valence-corrected chi connectivity index (χ2v) is 9.24. The van der Waals surface area contributed by atoms with Crippen LogP contribution < -0.4 is 0 Å². The first-order valence-electron chi connectivity index (χ1n) is 9.77. The molecule has 4 aliphatic carbocycles. The number of aliphatic hydroxyl groups excluding tert-OH is 1. The van der Waals surface area contributed by atoms with Gasteiger partial charge in [-0.2, -0.15) is 0 Å². The quantitative estimate of drug-likeness (QED) is 0.786. The summed E-state index contributed by atoms with van der Waals surface area (Å²) in [5, 5.41) is 9.35. The van der Waals surface area contributed by atoms with E-state index in [1.165, 1.54) is 24.8 Å². The van der Waals surface area contributed by atoms with E-state index in [9.17, 15) is 14.7 Å². The summed E-state index contributed by atoms with van der Waals surface area (Å²) >= 11 is 0. The van der Waals surface area contributed by atoms with Crippen molar-refractivity contribution in [3.63, 3.8) is 0 Å². The van der Waals surface area contributed by atoms with Crippen LogP contribution in [0.3, 0.4) is 0 Å². The van der Waals surface area contributed by atoms with E-state index in [1.807, 2.05) is 0 Å². The molecule has 0 unspecified atom stereocenters. The zero-order valence-corrected chi connectivity index (χ0v) is 15.0. The molecular formula is C21H30O3. The fourth-order valence-electron chi connectivity index (χ4n) is 7.17. The molecule has 0 aromatic rings. The normalized spacial score (nSPS) is 47.5. The van der Waals surface area contributed by atoms with Gasteiger partial charge in [-0.1, -0.05) is 31.9 Å². The Morgan fingerprint density at radius 2 is 2.08 bits per heavy atom. The Morgan fingerprint density at radius 1 is 1.29 bits per heavy atom. The highest BCUT2D eigenvalue weighted by Crippen LogP contribution is 2.65. The van der Waals surface area contributed by atoms with E-state index < -0.39 is 0 Å². The number of carbonyl (C=O) groups is 2. The van der Waals surface area contributed by atoms with Crippen LogP contribution in [0.1, 0.15) is 65.2 Å². The van der Waals surface area contributed by atoms with Crippen LogP contribution in [0, 0.1) is 34.5 Å². The molecule has 3 saturated carbocycles. The number of aliphatic hydroxyl groups is 1. The number of hydrogen-bond acceptors (Lipinski definition) is 3. The van der Waals surface area contributed by atoms with Crippen molar-refractivity contribution in [3.05, 3.63) is 11.6 Å². The van der Waals surface area contributed by atoms with Crippen molar-refractivity contribution in [3.8, 4) is 0 Å². The van der Waals surface area contributed by atoms with Crippen LogP contribution in [0.4, 0.5) is 0 Å². The average molecular weight is 330 g/mol. The second kappa shape index (κ2) is 5.52. The van der Waals surface area contributed by atoms with E-state index >= 15 is 0 Å². The van der Waals surface area contributed by atoms with Gasteiger partial charge in [-0.05, 0) is 61.2 Å². The lowest BCUT2D eigenvalue weighted by molar-refractivity contribution is -0.146. The Morgan fingerprint density at radius 3 is 2.83 bits per heavy atom. The van der Waals surface area contributed by atoms with Gasteiger partial charge in [0.05, 0.1) is 0 Å². The summed E-state index contributed by atoms with van der Waals surface area (Å²) in [5.74, 6) is 1.24. The molecule has 24 heavy (non-hydrogen) atoms. The summed E-state index contributed by atoms with van der Waals surface area (Å²) in [6.45, 7) is 4.11. The summed E-state index contributed by atoms with van der Waals surface area (Å²) in [4.78, 5) is 25.6. The Bertz CT molecular complexity index is 606. The van der Waals surface area contributed by atoms with Gasteiger partial charge in [0, 0.05) is 18.3 Å². The van der Waals surface area contributed by atoms with Crippen LogP contribution in [-0.4, -0.2) is 23.3 Å². The largest absolute Gasteiger partial charge is 0.389 e. The minimum absolute atomic E-state index is 0.0535. The number of fused-ring (bicyclic) bond motifs is 5. The first-order valence-corrected chi connectivity index (χ1v) is 9.77. The van der Waals surface area contributed by atoms with E-state index in [0.29, 0.717) is 24.0 Å². The van der Waals surface area contributed by atoms with Gasteiger partial charge in [0.1, 0.15) is 12.4 Å². The minimum Gasteiger partial charge on any atom is -0.389 e. The van der Waals surface area contributed by atoms with E-state index in [0.717, 1.165) is 25.7 Å². The van der Waals surface area contributed by atoms with Crippen molar-refractivity contribution in [1.29, 1.82) is 0 Å². The Kier molecular flexibility index (Phi) is 3.80. The summed E-state index contributed by atoms with van der Waals surface area (Å²) < 4.78 is 0. The van der Waals surface area contributed by atoms with E-state index in [4.69, 9.17) is 0 Å². The number of allylic oxidation sites excluding steroid dienone is 2. The monoisotopic (exact) mass is 330 g/mol. The fraction of sp³-hybridized carbons (Fsp3) is 0.810. The molecule has 0 aromatic heterocycles. The van der Waals surface area contributed by atoms with Crippen LogP contribution in [0.15, 0.2) is 11.6 Å². The predicted molar refractivity (Wildman–Crippen MR) is 92.3 cm³/mol. The average Bonchev–Trinajstić information content (AvgIpc) is 2.89. The molecule has 0 spiro atoms. The van der Waals surface area contributed by atoms with Crippen LogP contribution in [0.25, 0.3) is 0 Å². The smallest absolute Gasteiger partial charge is 0.161 e. The zero-order valence-electron chi connectivity index (χ0n) is 15.0. The molecule has 0 radical (unpaired) electrons. The molecule has 0 aromatic carbocycles. The highest BCUT2D eigenvalue weighted by molar-refractivity contribution is 5.88. The maximum Gasteiger partial charge on any atom is 0.161 e. The number of carbonyl (C=O) groups excluding carboxylic acids is 2. The van der Waals surface area contributed by atoms with Crippen LogP contribution in [-0.2, 0) is 9.59 Å². The molecule has 3 heteroatoms. The van der Waals surface area contributed by atoms with Gasteiger partial charge in [-0.15, -0.1) is 0 Å². The van der Waals surface area contributed by atoms with Crippen LogP contribution >= 0.6 is 0 Å². The highest BCUT2D eigenvalue weighted by atomic mass is 16.3. The van der Waals surface area contributed by atoms with Gasteiger partial charge < -0.3 is 5.11 Å². The second-order valence-electron chi connectivity index (χ2n) is 9.24.